The zero-order valence-corrected chi connectivity index (χ0v) is 10.7. The minimum atomic E-state index is -4.72. The van der Waals surface area contributed by atoms with Gasteiger partial charge in [-0.3, -0.25) is 4.72 Å². The maximum absolute atomic E-state index is 12.4. The van der Waals surface area contributed by atoms with Crippen molar-refractivity contribution in [3.63, 3.8) is 0 Å². The standard InChI is InChI=1S/C9H9F3N2O5S/c1-19-8(16)14-20(17,18)13-6-4-5(9(10,11)12)2-3-7(6)15/h2-4,13,15H,1H3,(H,14,16). The second-order valence-electron chi connectivity index (χ2n) is 3.43. The molecule has 0 aliphatic heterocycles. The second kappa shape index (κ2) is 5.45. The van der Waals surface area contributed by atoms with E-state index in [1.807, 2.05) is 0 Å². The van der Waals surface area contributed by atoms with Gasteiger partial charge in [0.25, 0.3) is 0 Å². The first-order valence-electron chi connectivity index (χ1n) is 4.84. The molecular formula is C9H9F3N2O5S. The summed E-state index contributed by atoms with van der Waals surface area (Å²) < 4.78 is 67.0. The normalized spacial score (nSPS) is 11.8. The number of carbonyl (C=O) groups excluding carboxylic acids is 1. The molecule has 1 amide bonds. The second-order valence-corrected chi connectivity index (χ2v) is 4.84. The summed E-state index contributed by atoms with van der Waals surface area (Å²) in [5.74, 6) is -0.742. The minimum absolute atomic E-state index is 0.381. The Hall–Kier alpha value is -2.17. The van der Waals surface area contributed by atoms with Crippen molar-refractivity contribution in [3.8, 4) is 5.75 Å². The number of halogens is 3. The van der Waals surface area contributed by atoms with Gasteiger partial charge in [0.2, 0.25) is 0 Å². The number of hydrogen-bond donors (Lipinski definition) is 3. The van der Waals surface area contributed by atoms with Gasteiger partial charge in [-0.15, -0.1) is 0 Å². The van der Waals surface area contributed by atoms with Gasteiger partial charge in [0.05, 0.1) is 18.4 Å². The Bertz CT molecular complexity index is 614. The fourth-order valence-corrected chi connectivity index (χ4v) is 1.92. The number of methoxy groups -OCH3 is 1. The number of benzene rings is 1. The molecule has 0 unspecified atom stereocenters. The van der Waals surface area contributed by atoms with E-state index < -0.39 is 39.5 Å². The van der Waals surface area contributed by atoms with Crippen molar-refractivity contribution in [2.75, 3.05) is 11.8 Å². The number of rotatable bonds is 3. The molecule has 0 bridgehead atoms. The van der Waals surface area contributed by atoms with Crippen LogP contribution >= 0.6 is 0 Å². The van der Waals surface area contributed by atoms with E-state index in [0.717, 1.165) is 7.11 Å². The SMILES string of the molecule is COC(=O)NS(=O)(=O)Nc1cc(C(F)(F)F)ccc1O. The van der Waals surface area contributed by atoms with Gasteiger partial charge in [-0.2, -0.15) is 21.6 Å². The Morgan fingerprint density at radius 3 is 2.45 bits per heavy atom. The van der Waals surface area contributed by atoms with Crippen molar-refractivity contribution in [2.45, 2.75) is 6.18 Å². The Morgan fingerprint density at radius 2 is 1.95 bits per heavy atom. The fraction of sp³-hybridized carbons (Fsp3) is 0.222. The summed E-state index contributed by atoms with van der Waals surface area (Å²) in [5.41, 5.74) is -1.91. The number of nitrogens with one attached hydrogen (secondary N) is 2. The Kier molecular flexibility index (Phi) is 4.33. The lowest BCUT2D eigenvalue weighted by Crippen LogP contribution is -2.35. The largest absolute Gasteiger partial charge is 0.506 e. The molecule has 1 rings (SSSR count). The van der Waals surface area contributed by atoms with Crippen LogP contribution in [0.25, 0.3) is 0 Å². The van der Waals surface area contributed by atoms with Gasteiger partial charge in [0, 0.05) is 0 Å². The molecule has 0 spiro atoms. The first kappa shape index (κ1) is 15.9. The first-order valence-corrected chi connectivity index (χ1v) is 6.32. The summed E-state index contributed by atoms with van der Waals surface area (Å²) in [6.07, 6.45) is -6.06. The molecule has 0 radical (unpaired) electrons. The predicted molar refractivity (Wildman–Crippen MR) is 61.2 cm³/mol. The zero-order chi connectivity index (χ0) is 15.6. The molecule has 3 N–H and O–H groups in total. The molecule has 20 heavy (non-hydrogen) atoms. The van der Waals surface area contributed by atoms with Crippen LogP contribution in [0.3, 0.4) is 0 Å². The maximum atomic E-state index is 12.4. The number of aromatic hydroxyl groups is 1. The van der Waals surface area contributed by atoms with Crippen molar-refractivity contribution < 1.29 is 36.2 Å². The number of hydrogen-bond acceptors (Lipinski definition) is 5. The van der Waals surface area contributed by atoms with Crippen LogP contribution in [-0.4, -0.2) is 26.7 Å². The van der Waals surface area contributed by atoms with E-state index in [9.17, 15) is 31.5 Å². The van der Waals surface area contributed by atoms with Gasteiger partial charge in [0.1, 0.15) is 5.75 Å². The van der Waals surface area contributed by atoms with Crippen LogP contribution in [-0.2, 0) is 21.1 Å². The smallest absolute Gasteiger partial charge is 0.422 e. The highest BCUT2D eigenvalue weighted by atomic mass is 32.2. The molecule has 0 atom stereocenters. The number of phenolic OH excluding ortho intramolecular Hbond substituents is 1. The van der Waals surface area contributed by atoms with Crippen molar-refractivity contribution in [1.82, 2.24) is 4.72 Å². The van der Waals surface area contributed by atoms with Crippen LogP contribution in [0.2, 0.25) is 0 Å². The van der Waals surface area contributed by atoms with E-state index in [2.05, 4.69) is 4.74 Å². The lowest BCUT2D eigenvalue weighted by Gasteiger charge is -2.12. The number of ether oxygens (including phenoxy) is 1. The van der Waals surface area contributed by atoms with E-state index in [4.69, 9.17) is 0 Å². The lowest BCUT2D eigenvalue weighted by molar-refractivity contribution is -0.137. The van der Waals surface area contributed by atoms with Crippen molar-refractivity contribution in [3.05, 3.63) is 23.8 Å². The highest BCUT2D eigenvalue weighted by Gasteiger charge is 2.31. The topological polar surface area (TPSA) is 105 Å². The van der Waals surface area contributed by atoms with Crippen LogP contribution < -0.4 is 9.44 Å². The minimum Gasteiger partial charge on any atom is -0.506 e. The number of phenols is 1. The molecule has 0 saturated carbocycles. The quantitative estimate of drug-likeness (QED) is 0.732. The molecule has 0 aromatic heterocycles. The highest BCUT2D eigenvalue weighted by molar-refractivity contribution is 7.91. The first-order chi connectivity index (χ1) is 9.05. The van der Waals surface area contributed by atoms with Crippen LogP contribution in [0.5, 0.6) is 5.75 Å². The summed E-state index contributed by atoms with van der Waals surface area (Å²) in [6.45, 7) is 0. The van der Waals surface area contributed by atoms with Crippen LogP contribution in [0.4, 0.5) is 23.7 Å². The summed E-state index contributed by atoms with van der Waals surface area (Å²) >= 11 is 0. The molecule has 0 saturated heterocycles. The molecule has 0 heterocycles. The third kappa shape index (κ3) is 4.19. The van der Waals surface area contributed by atoms with Gasteiger partial charge >= 0.3 is 22.5 Å². The molecular weight excluding hydrogens is 305 g/mol. The molecule has 1 aromatic carbocycles. The lowest BCUT2D eigenvalue weighted by atomic mass is 10.2. The molecule has 7 nitrogen and oxygen atoms in total. The summed E-state index contributed by atoms with van der Waals surface area (Å²) in [6, 6.07) is 1.62. The average molecular weight is 314 g/mol. The number of amides is 1. The summed E-state index contributed by atoms with van der Waals surface area (Å²) in [5, 5.41) is 9.32. The maximum Gasteiger partial charge on any atom is 0.422 e. The van der Waals surface area contributed by atoms with E-state index in [-0.39, 0.29) is 0 Å². The van der Waals surface area contributed by atoms with Gasteiger partial charge in [-0.1, -0.05) is 0 Å². The molecule has 112 valence electrons. The van der Waals surface area contributed by atoms with Crippen molar-refractivity contribution in [2.24, 2.45) is 0 Å². The van der Waals surface area contributed by atoms with Gasteiger partial charge in [-0.05, 0) is 18.2 Å². The van der Waals surface area contributed by atoms with E-state index in [1.54, 1.807) is 4.72 Å². The fourth-order valence-electron chi connectivity index (χ4n) is 1.12. The van der Waals surface area contributed by atoms with E-state index >= 15 is 0 Å². The van der Waals surface area contributed by atoms with Crippen LogP contribution in [0.1, 0.15) is 5.56 Å². The molecule has 0 fully saturated rings. The van der Waals surface area contributed by atoms with Gasteiger partial charge < -0.3 is 9.84 Å². The summed E-state index contributed by atoms with van der Waals surface area (Å²) in [7, 11) is -3.64. The van der Waals surface area contributed by atoms with Crippen molar-refractivity contribution in [1.29, 1.82) is 0 Å². The molecule has 1 aromatic rings. The van der Waals surface area contributed by atoms with Crippen LogP contribution in [0, 0.1) is 0 Å². The molecule has 0 aliphatic rings. The summed E-state index contributed by atoms with van der Waals surface area (Å²) in [4.78, 5) is 10.7. The van der Waals surface area contributed by atoms with Crippen molar-refractivity contribution >= 4 is 22.0 Å². The number of anilines is 1. The van der Waals surface area contributed by atoms with Gasteiger partial charge in [0.15, 0.2) is 0 Å². The Morgan fingerprint density at radius 1 is 1.35 bits per heavy atom. The zero-order valence-electron chi connectivity index (χ0n) is 9.85. The molecule has 11 heteroatoms. The predicted octanol–water partition coefficient (Wildman–Crippen LogP) is 1.42. The van der Waals surface area contributed by atoms with Crippen LogP contribution in [0.15, 0.2) is 18.2 Å². The number of carbonyl (C=O) groups is 1. The van der Waals surface area contributed by atoms with Gasteiger partial charge in [-0.25, -0.2) is 9.52 Å². The third-order valence-corrected chi connectivity index (χ3v) is 2.90. The molecule has 0 aliphatic carbocycles. The Labute approximate surface area is 111 Å². The average Bonchev–Trinajstić information content (AvgIpc) is 2.29. The Balaban J connectivity index is 3.06. The third-order valence-electron chi connectivity index (χ3n) is 1.97. The number of alkyl halides is 3. The van der Waals surface area contributed by atoms with E-state index in [1.165, 1.54) is 4.72 Å². The van der Waals surface area contributed by atoms with E-state index in [0.29, 0.717) is 18.2 Å². The highest BCUT2D eigenvalue weighted by Crippen LogP contribution is 2.34. The monoisotopic (exact) mass is 314 g/mol.